The van der Waals surface area contributed by atoms with E-state index < -0.39 is 0 Å². The van der Waals surface area contributed by atoms with Crippen LogP contribution in [0, 0.1) is 20.8 Å². The lowest BCUT2D eigenvalue weighted by molar-refractivity contribution is 0.297. The van der Waals surface area contributed by atoms with Crippen molar-refractivity contribution in [2.24, 2.45) is 0 Å². The Bertz CT molecular complexity index is 513. The van der Waals surface area contributed by atoms with Crippen molar-refractivity contribution in [3.8, 4) is 5.75 Å². The summed E-state index contributed by atoms with van der Waals surface area (Å²) in [4.78, 5) is 0. The number of ether oxygens (including phenoxy) is 1. The molecule has 0 fully saturated rings. The maximum absolute atomic E-state index is 5.77. The van der Waals surface area contributed by atoms with Gasteiger partial charge in [-0.25, -0.2) is 0 Å². The highest BCUT2D eigenvalue weighted by Gasteiger charge is 2.08. The molecule has 90 valence electrons. The Morgan fingerprint density at radius 2 is 1.88 bits per heavy atom. The van der Waals surface area contributed by atoms with Gasteiger partial charge in [0.25, 0.3) is 0 Å². The minimum atomic E-state index is 0.368. The Kier molecular flexibility index (Phi) is 3.28. The molecule has 0 atom stereocenters. The normalized spacial score (nSPS) is 10.5. The second-order valence-electron chi connectivity index (χ2n) is 4.10. The van der Waals surface area contributed by atoms with Crippen molar-refractivity contribution in [3.05, 3.63) is 34.5 Å². The summed E-state index contributed by atoms with van der Waals surface area (Å²) in [6.45, 7) is 6.52. The topological polar surface area (TPSA) is 61.0 Å². The molecule has 0 bridgehead atoms. The highest BCUT2D eigenvalue weighted by molar-refractivity contribution is 7.09. The molecule has 1 aromatic heterocycles. The van der Waals surface area contributed by atoms with Gasteiger partial charge in [0.2, 0.25) is 0 Å². The van der Waals surface area contributed by atoms with E-state index in [1.54, 1.807) is 0 Å². The summed E-state index contributed by atoms with van der Waals surface area (Å²) in [5.41, 5.74) is 9.92. The molecule has 0 unspecified atom stereocenters. The van der Waals surface area contributed by atoms with Crippen molar-refractivity contribution in [3.63, 3.8) is 0 Å². The first-order valence-electron chi connectivity index (χ1n) is 5.35. The molecule has 0 aliphatic heterocycles. The molecule has 2 N–H and O–H groups in total. The smallest absolute Gasteiger partial charge is 0.136 e. The molecule has 17 heavy (non-hydrogen) atoms. The molecule has 2 rings (SSSR count). The van der Waals surface area contributed by atoms with E-state index in [9.17, 15) is 0 Å². The van der Waals surface area contributed by atoms with Crippen LogP contribution in [0.4, 0.5) is 5.00 Å². The first kappa shape index (κ1) is 11.9. The van der Waals surface area contributed by atoms with Gasteiger partial charge >= 0.3 is 0 Å². The van der Waals surface area contributed by atoms with Crippen LogP contribution in [0.3, 0.4) is 0 Å². The molecule has 5 heteroatoms. The summed E-state index contributed by atoms with van der Waals surface area (Å²) in [5, 5.41) is 4.54. The molecule has 0 aliphatic rings. The van der Waals surface area contributed by atoms with Crippen LogP contribution in [0.2, 0.25) is 0 Å². The van der Waals surface area contributed by atoms with Crippen molar-refractivity contribution in [2.75, 3.05) is 5.73 Å². The highest BCUT2D eigenvalue weighted by Crippen LogP contribution is 2.26. The fourth-order valence-electron chi connectivity index (χ4n) is 1.85. The summed E-state index contributed by atoms with van der Waals surface area (Å²) in [6.07, 6.45) is 0. The highest BCUT2D eigenvalue weighted by atomic mass is 32.1. The van der Waals surface area contributed by atoms with Gasteiger partial charge in [0.15, 0.2) is 0 Å². The Hall–Kier alpha value is -1.62. The second kappa shape index (κ2) is 4.71. The van der Waals surface area contributed by atoms with Crippen LogP contribution in [-0.4, -0.2) is 9.59 Å². The third-order valence-corrected chi connectivity index (χ3v) is 3.14. The molecule has 0 saturated heterocycles. The zero-order valence-electron chi connectivity index (χ0n) is 10.2. The molecule has 0 aliphatic carbocycles. The predicted molar refractivity (Wildman–Crippen MR) is 69.3 cm³/mol. The van der Waals surface area contributed by atoms with Crippen molar-refractivity contribution in [1.82, 2.24) is 9.59 Å². The standard InChI is InChI=1S/C12H15N3OS/c1-7-4-8(2)11(9(3)5-7)16-6-10-12(13)17-15-14-10/h4-5H,6,13H2,1-3H3. The molecule has 4 nitrogen and oxygen atoms in total. The first-order valence-corrected chi connectivity index (χ1v) is 6.12. The van der Waals surface area contributed by atoms with E-state index in [4.69, 9.17) is 10.5 Å². The van der Waals surface area contributed by atoms with Gasteiger partial charge in [-0.1, -0.05) is 22.2 Å². The van der Waals surface area contributed by atoms with Gasteiger partial charge in [0.1, 0.15) is 23.1 Å². The van der Waals surface area contributed by atoms with Crippen molar-refractivity contribution < 1.29 is 4.74 Å². The monoisotopic (exact) mass is 249 g/mol. The van der Waals surface area contributed by atoms with Crippen molar-refractivity contribution in [1.29, 1.82) is 0 Å². The largest absolute Gasteiger partial charge is 0.487 e. The van der Waals surface area contributed by atoms with Gasteiger partial charge in [0.05, 0.1) is 0 Å². The lowest BCUT2D eigenvalue weighted by Gasteiger charge is -2.12. The molecular weight excluding hydrogens is 234 g/mol. The Morgan fingerprint density at radius 3 is 2.41 bits per heavy atom. The van der Waals surface area contributed by atoms with Gasteiger partial charge in [0, 0.05) is 11.5 Å². The van der Waals surface area contributed by atoms with Gasteiger partial charge in [-0.05, 0) is 31.9 Å². The maximum Gasteiger partial charge on any atom is 0.136 e. The minimum Gasteiger partial charge on any atom is -0.487 e. The number of hydrogen-bond donors (Lipinski definition) is 1. The van der Waals surface area contributed by atoms with E-state index in [0.29, 0.717) is 17.3 Å². The number of hydrogen-bond acceptors (Lipinski definition) is 5. The van der Waals surface area contributed by atoms with Crippen LogP contribution >= 0.6 is 11.5 Å². The number of rotatable bonds is 3. The molecule has 0 amide bonds. The van der Waals surface area contributed by atoms with E-state index in [0.717, 1.165) is 16.9 Å². The maximum atomic E-state index is 5.77. The van der Waals surface area contributed by atoms with E-state index in [1.807, 2.05) is 13.8 Å². The zero-order chi connectivity index (χ0) is 12.4. The Morgan fingerprint density at radius 1 is 1.24 bits per heavy atom. The predicted octanol–water partition coefficient (Wildman–Crippen LogP) is 2.62. The summed E-state index contributed by atoms with van der Waals surface area (Å²) in [6, 6.07) is 4.20. The van der Waals surface area contributed by atoms with Crippen LogP contribution in [0.15, 0.2) is 12.1 Å². The number of aryl methyl sites for hydroxylation is 3. The number of benzene rings is 1. The summed E-state index contributed by atoms with van der Waals surface area (Å²) in [7, 11) is 0. The van der Waals surface area contributed by atoms with Crippen LogP contribution in [-0.2, 0) is 6.61 Å². The Balaban J connectivity index is 2.17. The van der Waals surface area contributed by atoms with Gasteiger partial charge in [-0.15, -0.1) is 5.10 Å². The lowest BCUT2D eigenvalue weighted by Crippen LogP contribution is -2.02. The average Bonchev–Trinajstić information content (AvgIpc) is 2.62. The summed E-state index contributed by atoms with van der Waals surface area (Å²) < 4.78 is 9.55. The SMILES string of the molecule is Cc1cc(C)c(OCc2nnsc2N)c(C)c1. The number of nitrogens with two attached hydrogens (primary N) is 1. The molecule has 1 heterocycles. The van der Waals surface area contributed by atoms with E-state index in [1.165, 1.54) is 17.1 Å². The molecule has 0 radical (unpaired) electrons. The van der Waals surface area contributed by atoms with Crippen molar-refractivity contribution >= 4 is 16.5 Å². The van der Waals surface area contributed by atoms with Crippen molar-refractivity contribution in [2.45, 2.75) is 27.4 Å². The Labute approximate surface area is 105 Å². The fraction of sp³-hybridized carbons (Fsp3) is 0.333. The third kappa shape index (κ3) is 2.55. The first-order chi connectivity index (χ1) is 8.08. The number of aromatic nitrogens is 2. The zero-order valence-corrected chi connectivity index (χ0v) is 11.0. The second-order valence-corrected chi connectivity index (χ2v) is 4.89. The quantitative estimate of drug-likeness (QED) is 0.908. The number of nitrogen functional groups attached to an aromatic ring is 1. The summed E-state index contributed by atoms with van der Waals surface area (Å²) >= 11 is 1.19. The van der Waals surface area contributed by atoms with Gasteiger partial charge < -0.3 is 10.5 Å². The molecule has 2 aromatic rings. The average molecular weight is 249 g/mol. The van der Waals surface area contributed by atoms with E-state index in [-0.39, 0.29) is 0 Å². The minimum absolute atomic E-state index is 0.368. The third-order valence-electron chi connectivity index (χ3n) is 2.54. The fourth-order valence-corrected chi connectivity index (χ4v) is 2.28. The van der Waals surface area contributed by atoms with E-state index >= 15 is 0 Å². The van der Waals surface area contributed by atoms with Gasteiger partial charge in [-0.2, -0.15) is 0 Å². The van der Waals surface area contributed by atoms with Crippen LogP contribution in [0.5, 0.6) is 5.75 Å². The molecular formula is C12H15N3OS. The lowest BCUT2D eigenvalue weighted by atomic mass is 10.1. The van der Waals surface area contributed by atoms with Crippen LogP contribution in [0.25, 0.3) is 0 Å². The molecule has 1 aromatic carbocycles. The van der Waals surface area contributed by atoms with Gasteiger partial charge in [-0.3, -0.25) is 0 Å². The van der Waals surface area contributed by atoms with Crippen LogP contribution in [0.1, 0.15) is 22.4 Å². The van der Waals surface area contributed by atoms with Crippen LogP contribution < -0.4 is 10.5 Å². The molecule has 0 spiro atoms. The summed E-state index contributed by atoms with van der Waals surface area (Å²) in [5.74, 6) is 0.906. The number of anilines is 1. The van der Waals surface area contributed by atoms with E-state index in [2.05, 4.69) is 28.6 Å². The molecule has 0 saturated carbocycles. The number of nitrogens with zero attached hydrogens (tertiary/aromatic N) is 2.